The van der Waals surface area contributed by atoms with Crippen LogP contribution in [-0.2, 0) is 15.9 Å². The first-order chi connectivity index (χ1) is 14.5. The highest BCUT2D eigenvalue weighted by atomic mass is 16.5. The average molecular weight is 414 g/mol. The number of aryl methyl sites for hydroxylation is 1. The molecule has 0 bridgehead atoms. The standard InChI is InChI=1S/C24H30O6/c1-15-2-5-17(22-12-21(26)24(27)23(13-25)30-22)11-18(15)10-16-3-6-19(7-4-16)29-20-8-9-28-14-20/h2-7,11,20-27H,8-10,12-14H2,1H3/t20?,21?,22?,23?,24-/m0/s1. The second-order valence-electron chi connectivity index (χ2n) is 8.25. The van der Waals surface area contributed by atoms with Crippen LogP contribution in [0.25, 0.3) is 0 Å². The Morgan fingerprint density at radius 1 is 1.10 bits per heavy atom. The van der Waals surface area contributed by atoms with Crippen molar-refractivity contribution in [1.29, 1.82) is 0 Å². The van der Waals surface area contributed by atoms with E-state index in [0.29, 0.717) is 13.0 Å². The molecule has 0 saturated carbocycles. The third-order valence-corrected chi connectivity index (χ3v) is 6.00. The van der Waals surface area contributed by atoms with Crippen LogP contribution in [0.3, 0.4) is 0 Å². The smallest absolute Gasteiger partial charge is 0.124 e. The molecule has 2 aliphatic heterocycles. The Morgan fingerprint density at radius 3 is 2.60 bits per heavy atom. The van der Waals surface area contributed by atoms with Crippen molar-refractivity contribution < 1.29 is 29.5 Å². The first-order valence-corrected chi connectivity index (χ1v) is 10.6. The van der Waals surface area contributed by atoms with Crippen LogP contribution in [0.1, 0.15) is 41.2 Å². The van der Waals surface area contributed by atoms with Gasteiger partial charge in [-0.2, -0.15) is 0 Å². The molecule has 2 aromatic carbocycles. The predicted molar refractivity (Wildman–Crippen MR) is 112 cm³/mol. The van der Waals surface area contributed by atoms with Crippen LogP contribution in [0.4, 0.5) is 0 Å². The summed E-state index contributed by atoms with van der Waals surface area (Å²) < 4.78 is 17.1. The molecule has 162 valence electrons. The summed E-state index contributed by atoms with van der Waals surface area (Å²) in [7, 11) is 0. The van der Waals surface area contributed by atoms with E-state index < -0.39 is 18.3 Å². The van der Waals surface area contributed by atoms with Gasteiger partial charge < -0.3 is 29.5 Å². The molecule has 2 fully saturated rings. The van der Waals surface area contributed by atoms with Crippen molar-refractivity contribution in [3.8, 4) is 5.75 Å². The van der Waals surface area contributed by atoms with E-state index in [-0.39, 0.29) is 18.8 Å². The lowest BCUT2D eigenvalue weighted by Crippen LogP contribution is -2.47. The lowest BCUT2D eigenvalue weighted by Gasteiger charge is -2.36. The normalized spacial score (nSPS) is 29.1. The minimum absolute atomic E-state index is 0.141. The van der Waals surface area contributed by atoms with E-state index in [1.807, 2.05) is 18.2 Å². The third-order valence-electron chi connectivity index (χ3n) is 6.00. The molecule has 5 atom stereocenters. The number of hydrogen-bond donors (Lipinski definition) is 3. The monoisotopic (exact) mass is 414 g/mol. The Kier molecular flexibility index (Phi) is 6.71. The summed E-state index contributed by atoms with van der Waals surface area (Å²) in [4.78, 5) is 0. The van der Waals surface area contributed by atoms with E-state index in [9.17, 15) is 15.3 Å². The highest BCUT2D eigenvalue weighted by molar-refractivity contribution is 5.38. The van der Waals surface area contributed by atoms with Gasteiger partial charge in [-0.05, 0) is 47.7 Å². The van der Waals surface area contributed by atoms with Gasteiger partial charge in [0, 0.05) is 12.8 Å². The molecule has 30 heavy (non-hydrogen) atoms. The second kappa shape index (κ2) is 9.45. The molecule has 2 saturated heterocycles. The molecule has 3 N–H and O–H groups in total. The molecule has 2 aromatic rings. The molecule has 4 rings (SSSR count). The quantitative estimate of drug-likeness (QED) is 0.672. The lowest BCUT2D eigenvalue weighted by molar-refractivity contribution is -0.181. The van der Waals surface area contributed by atoms with Crippen molar-refractivity contribution in [2.24, 2.45) is 0 Å². The summed E-state index contributed by atoms with van der Waals surface area (Å²) in [5.74, 6) is 0.859. The van der Waals surface area contributed by atoms with E-state index >= 15 is 0 Å². The van der Waals surface area contributed by atoms with Gasteiger partial charge in [-0.15, -0.1) is 0 Å². The summed E-state index contributed by atoms with van der Waals surface area (Å²) in [6.07, 6.45) is -0.964. The highest BCUT2D eigenvalue weighted by Gasteiger charge is 2.37. The molecule has 6 nitrogen and oxygen atoms in total. The summed E-state index contributed by atoms with van der Waals surface area (Å²) in [5.41, 5.74) is 4.48. The van der Waals surface area contributed by atoms with Crippen LogP contribution in [0.15, 0.2) is 42.5 Å². The molecule has 0 aromatic heterocycles. The van der Waals surface area contributed by atoms with E-state index in [1.54, 1.807) is 0 Å². The second-order valence-corrected chi connectivity index (χ2v) is 8.25. The topological polar surface area (TPSA) is 88.4 Å². The van der Waals surface area contributed by atoms with E-state index in [0.717, 1.165) is 30.8 Å². The molecule has 0 amide bonds. The molecule has 4 unspecified atom stereocenters. The molecule has 0 spiro atoms. The Balaban J connectivity index is 1.45. The van der Waals surface area contributed by atoms with Gasteiger partial charge in [-0.3, -0.25) is 0 Å². The van der Waals surface area contributed by atoms with Gasteiger partial charge >= 0.3 is 0 Å². The van der Waals surface area contributed by atoms with Gasteiger partial charge in [0.25, 0.3) is 0 Å². The van der Waals surface area contributed by atoms with Crippen molar-refractivity contribution in [3.05, 3.63) is 64.7 Å². The Labute approximate surface area is 177 Å². The fourth-order valence-electron chi connectivity index (χ4n) is 4.11. The van der Waals surface area contributed by atoms with Gasteiger partial charge in [0.15, 0.2) is 0 Å². The molecular formula is C24H30O6. The maximum absolute atomic E-state index is 10.1. The summed E-state index contributed by atoms with van der Waals surface area (Å²) in [5, 5.41) is 29.5. The zero-order chi connectivity index (χ0) is 21.1. The molecule has 6 heteroatoms. The Hall–Kier alpha value is -1.96. The fraction of sp³-hybridized carbons (Fsp3) is 0.500. The largest absolute Gasteiger partial charge is 0.488 e. The first kappa shape index (κ1) is 21.3. The fourth-order valence-corrected chi connectivity index (χ4v) is 4.11. The van der Waals surface area contributed by atoms with Gasteiger partial charge in [0.05, 0.1) is 32.0 Å². The summed E-state index contributed by atoms with van der Waals surface area (Å²) in [6.45, 7) is 3.17. The highest BCUT2D eigenvalue weighted by Crippen LogP contribution is 2.33. The number of aliphatic hydroxyl groups excluding tert-OH is 3. The third kappa shape index (κ3) is 4.85. The molecule has 0 aliphatic carbocycles. The van der Waals surface area contributed by atoms with Crippen LogP contribution in [-0.4, -0.2) is 59.6 Å². The van der Waals surface area contributed by atoms with E-state index in [2.05, 4.69) is 31.2 Å². The van der Waals surface area contributed by atoms with Crippen molar-refractivity contribution in [2.45, 2.75) is 56.7 Å². The molecule has 2 heterocycles. The number of aliphatic hydroxyl groups is 3. The number of rotatable bonds is 6. The van der Waals surface area contributed by atoms with Gasteiger partial charge in [-0.25, -0.2) is 0 Å². The maximum atomic E-state index is 10.1. The van der Waals surface area contributed by atoms with Crippen LogP contribution >= 0.6 is 0 Å². The summed E-state index contributed by atoms with van der Waals surface area (Å²) in [6, 6.07) is 14.3. The Bertz CT molecular complexity index is 830. The van der Waals surface area contributed by atoms with Gasteiger partial charge in [0.1, 0.15) is 24.1 Å². The number of benzene rings is 2. The van der Waals surface area contributed by atoms with Crippen molar-refractivity contribution >= 4 is 0 Å². The van der Waals surface area contributed by atoms with Crippen LogP contribution in [0.5, 0.6) is 5.75 Å². The van der Waals surface area contributed by atoms with Gasteiger partial charge in [0.2, 0.25) is 0 Å². The zero-order valence-corrected chi connectivity index (χ0v) is 17.2. The van der Waals surface area contributed by atoms with Crippen molar-refractivity contribution in [1.82, 2.24) is 0 Å². The van der Waals surface area contributed by atoms with Crippen LogP contribution in [0, 0.1) is 6.92 Å². The Morgan fingerprint density at radius 2 is 1.90 bits per heavy atom. The number of ether oxygens (including phenoxy) is 3. The summed E-state index contributed by atoms with van der Waals surface area (Å²) >= 11 is 0. The van der Waals surface area contributed by atoms with E-state index in [4.69, 9.17) is 14.2 Å². The minimum Gasteiger partial charge on any atom is -0.488 e. The maximum Gasteiger partial charge on any atom is 0.124 e. The van der Waals surface area contributed by atoms with Crippen LogP contribution in [0.2, 0.25) is 0 Å². The molecule has 2 aliphatic rings. The average Bonchev–Trinajstić information content (AvgIpc) is 3.26. The SMILES string of the molecule is Cc1ccc(C2CC(O)[C@H](O)C(CO)O2)cc1Cc1ccc(OC2CCOC2)cc1. The van der Waals surface area contributed by atoms with E-state index in [1.165, 1.54) is 16.7 Å². The predicted octanol–water partition coefficient (Wildman–Crippen LogP) is 2.30. The molecule has 0 radical (unpaired) electrons. The van der Waals surface area contributed by atoms with Crippen LogP contribution < -0.4 is 4.74 Å². The van der Waals surface area contributed by atoms with Crippen molar-refractivity contribution in [2.75, 3.05) is 19.8 Å². The molecular weight excluding hydrogens is 384 g/mol. The van der Waals surface area contributed by atoms with Gasteiger partial charge in [-0.1, -0.05) is 30.3 Å². The lowest BCUT2D eigenvalue weighted by atomic mass is 9.91. The first-order valence-electron chi connectivity index (χ1n) is 10.6. The zero-order valence-electron chi connectivity index (χ0n) is 17.2. The minimum atomic E-state index is -1.06. The number of hydrogen-bond acceptors (Lipinski definition) is 6. The van der Waals surface area contributed by atoms with Crippen molar-refractivity contribution in [3.63, 3.8) is 0 Å².